The number of fused-ring (bicyclic) bond motifs is 1. The maximum atomic E-state index is 12.8. The van der Waals surface area contributed by atoms with Gasteiger partial charge in [0.15, 0.2) is 0 Å². The number of carbonyl (C=O) groups is 1. The van der Waals surface area contributed by atoms with Crippen LogP contribution in [0.1, 0.15) is 15.9 Å². The summed E-state index contributed by atoms with van der Waals surface area (Å²) in [5.74, 6) is 1.03. The van der Waals surface area contributed by atoms with Crippen LogP contribution in [-0.4, -0.2) is 54.0 Å². The number of nitrogens with one attached hydrogen (secondary N) is 1. The second-order valence-corrected chi connectivity index (χ2v) is 7.91. The molecule has 1 aliphatic heterocycles. The van der Waals surface area contributed by atoms with E-state index in [9.17, 15) is 4.79 Å². The Labute approximate surface area is 181 Å². The fourth-order valence-electron chi connectivity index (χ4n) is 3.53. The van der Waals surface area contributed by atoms with Crippen molar-refractivity contribution >= 4 is 33.9 Å². The third kappa shape index (κ3) is 4.57. The first kappa shape index (κ1) is 20.6. The number of allylic oxidation sites excluding steroid dienone is 2. The minimum atomic E-state index is -0.226. The number of carbonyl (C=O) groups excluding carboxylic acids is 1. The molecule has 3 aromatic rings. The minimum absolute atomic E-state index is 0.167. The number of nitrogens with two attached hydrogens (primary N) is 1. The van der Waals surface area contributed by atoms with Gasteiger partial charge < -0.3 is 20.9 Å². The molecular formula is C24H26N6O. The zero-order valence-electron chi connectivity index (χ0n) is 17.7. The maximum absolute atomic E-state index is 12.8. The Morgan fingerprint density at radius 1 is 1.16 bits per heavy atom. The van der Waals surface area contributed by atoms with E-state index in [1.807, 2.05) is 49.5 Å². The van der Waals surface area contributed by atoms with Gasteiger partial charge in [-0.05, 0) is 40.8 Å². The van der Waals surface area contributed by atoms with Gasteiger partial charge >= 0.3 is 0 Å². The number of hydrogen-bond donors (Lipinski definition) is 2. The van der Waals surface area contributed by atoms with Crippen LogP contribution < -0.4 is 16.0 Å². The number of benzene rings is 1. The van der Waals surface area contributed by atoms with Crippen LogP contribution in [-0.2, 0) is 0 Å². The normalized spacial score (nSPS) is 14.3. The summed E-state index contributed by atoms with van der Waals surface area (Å²) in [6, 6.07) is 11.6. The van der Waals surface area contributed by atoms with Crippen LogP contribution in [0.4, 0.5) is 11.6 Å². The van der Waals surface area contributed by atoms with E-state index in [2.05, 4.69) is 32.8 Å². The molecule has 1 aliphatic rings. The summed E-state index contributed by atoms with van der Waals surface area (Å²) in [5, 5.41) is 4.87. The van der Waals surface area contributed by atoms with Crippen LogP contribution in [0, 0.1) is 0 Å². The van der Waals surface area contributed by atoms with Gasteiger partial charge in [-0.25, -0.2) is 9.97 Å². The molecule has 1 amide bonds. The summed E-state index contributed by atoms with van der Waals surface area (Å²) in [4.78, 5) is 25.6. The Balaban J connectivity index is 1.56. The lowest BCUT2D eigenvalue weighted by molar-refractivity contribution is 0.102. The quantitative estimate of drug-likeness (QED) is 0.603. The fraction of sp³-hybridized carbons (Fsp3) is 0.208. The first-order valence-electron chi connectivity index (χ1n) is 10.1. The van der Waals surface area contributed by atoms with E-state index in [4.69, 9.17) is 5.73 Å². The highest BCUT2D eigenvalue weighted by molar-refractivity contribution is 6.05. The summed E-state index contributed by atoms with van der Waals surface area (Å²) < 4.78 is 0. The Morgan fingerprint density at radius 3 is 2.68 bits per heavy atom. The number of nitrogens with zero attached hydrogens (tertiary/aromatic N) is 4. The molecule has 31 heavy (non-hydrogen) atoms. The van der Waals surface area contributed by atoms with Crippen LogP contribution >= 0.6 is 0 Å². The van der Waals surface area contributed by atoms with E-state index in [0.29, 0.717) is 11.4 Å². The lowest BCUT2D eigenvalue weighted by atomic mass is 10.0. The third-order valence-electron chi connectivity index (χ3n) is 5.16. The van der Waals surface area contributed by atoms with Gasteiger partial charge in [0.25, 0.3) is 5.91 Å². The van der Waals surface area contributed by atoms with E-state index in [0.717, 1.165) is 40.8 Å². The van der Waals surface area contributed by atoms with E-state index >= 15 is 0 Å². The fourth-order valence-corrected chi connectivity index (χ4v) is 3.53. The van der Waals surface area contributed by atoms with Crippen molar-refractivity contribution < 1.29 is 4.79 Å². The molecule has 0 radical (unpaired) electrons. The molecular weight excluding hydrogens is 388 g/mol. The zero-order valence-corrected chi connectivity index (χ0v) is 17.7. The Kier molecular flexibility index (Phi) is 5.68. The van der Waals surface area contributed by atoms with Crippen LogP contribution in [0.5, 0.6) is 0 Å². The lowest BCUT2D eigenvalue weighted by Crippen LogP contribution is -2.56. The monoisotopic (exact) mass is 414 g/mol. The standard InChI is InChI=1S/C24H26N6O/c1-4-16(13-29(2)3)17-5-6-19-12-27-22(10-20(19)9-17)28-24(31)18-7-8-26-23(11-18)30-14-21(25)15-30/h4-13,21H,1,14-15,25H2,2-3H3,(H,27,28,31)/b16-13+. The molecule has 158 valence electrons. The highest BCUT2D eigenvalue weighted by atomic mass is 16.1. The van der Waals surface area contributed by atoms with Gasteiger partial charge in [-0.15, -0.1) is 0 Å². The molecule has 0 bridgehead atoms. The molecule has 7 nitrogen and oxygen atoms in total. The Hall–Kier alpha value is -3.71. The number of rotatable bonds is 6. The average Bonchev–Trinajstić information content (AvgIpc) is 2.74. The number of amides is 1. The molecule has 0 saturated carbocycles. The van der Waals surface area contributed by atoms with Crippen LogP contribution in [0.15, 0.2) is 67.6 Å². The topological polar surface area (TPSA) is 87.4 Å². The lowest BCUT2D eigenvalue weighted by Gasteiger charge is -2.37. The first-order chi connectivity index (χ1) is 14.9. The molecule has 4 rings (SSSR count). The van der Waals surface area contributed by atoms with Gasteiger partial charge in [-0.2, -0.15) is 0 Å². The second-order valence-electron chi connectivity index (χ2n) is 7.91. The molecule has 2 aromatic heterocycles. The van der Waals surface area contributed by atoms with E-state index in [1.165, 1.54) is 0 Å². The summed E-state index contributed by atoms with van der Waals surface area (Å²) in [5.41, 5.74) is 8.44. The van der Waals surface area contributed by atoms with Crippen molar-refractivity contribution in [3.05, 3.63) is 78.8 Å². The smallest absolute Gasteiger partial charge is 0.257 e. The molecule has 3 heterocycles. The average molecular weight is 415 g/mol. The van der Waals surface area contributed by atoms with Gasteiger partial charge in [0.1, 0.15) is 11.6 Å². The van der Waals surface area contributed by atoms with Gasteiger partial charge in [-0.1, -0.05) is 24.8 Å². The van der Waals surface area contributed by atoms with E-state index in [-0.39, 0.29) is 11.9 Å². The van der Waals surface area contributed by atoms with Crippen molar-refractivity contribution in [2.24, 2.45) is 5.73 Å². The first-order valence-corrected chi connectivity index (χ1v) is 10.1. The number of aromatic nitrogens is 2. The molecule has 0 spiro atoms. The molecule has 0 atom stereocenters. The largest absolute Gasteiger partial charge is 0.383 e. The van der Waals surface area contributed by atoms with Crippen LogP contribution in [0.2, 0.25) is 0 Å². The van der Waals surface area contributed by atoms with Crippen molar-refractivity contribution in [3.8, 4) is 0 Å². The molecule has 1 aromatic carbocycles. The van der Waals surface area contributed by atoms with Gasteiger partial charge in [-0.3, -0.25) is 4.79 Å². The molecule has 1 saturated heterocycles. The van der Waals surface area contributed by atoms with Gasteiger partial charge in [0.2, 0.25) is 0 Å². The molecule has 3 N–H and O–H groups in total. The van der Waals surface area contributed by atoms with Crippen LogP contribution in [0.25, 0.3) is 16.3 Å². The van der Waals surface area contributed by atoms with Crippen molar-refractivity contribution in [1.82, 2.24) is 14.9 Å². The molecule has 0 unspecified atom stereocenters. The molecule has 7 heteroatoms. The predicted molar refractivity (Wildman–Crippen MR) is 126 cm³/mol. The minimum Gasteiger partial charge on any atom is -0.383 e. The van der Waals surface area contributed by atoms with E-state index in [1.54, 1.807) is 24.5 Å². The number of hydrogen-bond acceptors (Lipinski definition) is 6. The SMILES string of the molecule is C=C/C(=C\N(C)C)c1ccc2cnc(NC(=O)c3ccnc(N4CC(N)C4)c3)cc2c1. The van der Waals surface area contributed by atoms with Crippen molar-refractivity contribution in [1.29, 1.82) is 0 Å². The molecule has 0 aliphatic carbocycles. The highest BCUT2D eigenvalue weighted by Gasteiger charge is 2.24. The van der Waals surface area contributed by atoms with Gasteiger partial charge in [0, 0.05) is 62.8 Å². The van der Waals surface area contributed by atoms with Crippen LogP contribution in [0.3, 0.4) is 0 Å². The van der Waals surface area contributed by atoms with Crippen molar-refractivity contribution in [2.45, 2.75) is 6.04 Å². The highest BCUT2D eigenvalue weighted by Crippen LogP contribution is 2.24. The Bertz CT molecular complexity index is 1160. The third-order valence-corrected chi connectivity index (χ3v) is 5.16. The Morgan fingerprint density at radius 2 is 1.97 bits per heavy atom. The second kappa shape index (κ2) is 8.57. The summed E-state index contributed by atoms with van der Waals surface area (Å²) in [6.45, 7) is 5.42. The van der Waals surface area contributed by atoms with Crippen molar-refractivity contribution in [2.75, 3.05) is 37.4 Å². The predicted octanol–water partition coefficient (Wildman–Crippen LogP) is 3.12. The summed E-state index contributed by atoms with van der Waals surface area (Å²) >= 11 is 0. The van der Waals surface area contributed by atoms with Crippen molar-refractivity contribution in [3.63, 3.8) is 0 Å². The van der Waals surface area contributed by atoms with E-state index < -0.39 is 0 Å². The summed E-state index contributed by atoms with van der Waals surface area (Å²) in [7, 11) is 3.95. The number of pyridine rings is 2. The summed E-state index contributed by atoms with van der Waals surface area (Å²) in [6.07, 6.45) is 7.25. The molecule has 1 fully saturated rings. The zero-order chi connectivity index (χ0) is 22.0. The van der Waals surface area contributed by atoms with Gasteiger partial charge in [0.05, 0.1) is 0 Å². The number of anilines is 2. The maximum Gasteiger partial charge on any atom is 0.257 e.